The van der Waals surface area contributed by atoms with Crippen molar-refractivity contribution in [1.82, 2.24) is 15.1 Å². The SMILES string of the molecule is CNC(CCc1ccccc1C)c1ccn(C)n1. The summed E-state index contributed by atoms with van der Waals surface area (Å²) in [6, 6.07) is 11.0. The zero-order valence-electron chi connectivity index (χ0n) is 11.4. The molecule has 1 heterocycles. The molecule has 1 aromatic heterocycles. The van der Waals surface area contributed by atoms with E-state index in [0.717, 1.165) is 18.5 Å². The fourth-order valence-electron chi connectivity index (χ4n) is 2.25. The molecule has 2 rings (SSSR count). The van der Waals surface area contributed by atoms with Crippen molar-refractivity contribution in [2.24, 2.45) is 7.05 Å². The van der Waals surface area contributed by atoms with Crippen molar-refractivity contribution in [2.75, 3.05) is 7.05 Å². The summed E-state index contributed by atoms with van der Waals surface area (Å²) in [5, 5.41) is 7.82. The van der Waals surface area contributed by atoms with Gasteiger partial charge in [0.25, 0.3) is 0 Å². The smallest absolute Gasteiger partial charge is 0.0793 e. The number of benzene rings is 1. The summed E-state index contributed by atoms with van der Waals surface area (Å²) in [6.07, 6.45) is 4.14. The Morgan fingerprint density at radius 3 is 2.67 bits per heavy atom. The van der Waals surface area contributed by atoms with Crippen molar-refractivity contribution in [3.05, 3.63) is 53.3 Å². The van der Waals surface area contributed by atoms with Gasteiger partial charge in [0.1, 0.15) is 0 Å². The lowest BCUT2D eigenvalue weighted by Gasteiger charge is -2.14. The van der Waals surface area contributed by atoms with E-state index >= 15 is 0 Å². The molecule has 0 radical (unpaired) electrons. The van der Waals surface area contributed by atoms with Crippen LogP contribution in [0.2, 0.25) is 0 Å². The normalized spacial score (nSPS) is 12.6. The Morgan fingerprint density at radius 1 is 1.28 bits per heavy atom. The molecule has 2 aromatic rings. The van der Waals surface area contributed by atoms with E-state index in [-0.39, 0.29) is 0 Å². The molecule has 3 nitrogen and oxygen atoms in total. The van der Waals surface area contributed by atoms with E-state index in [1.54, 1.807) is 0 Å². The second kappa shape index (κ2) is 5.83. The van der Waals surface area contributed by atoms with Crippen molar-refractivity contribution < 1.29 is 0 Å². The third-order valence-electron chi connectivity index (χ3n) is 3.40. The van der Waals surface area contributed by atoms with Gasteiger partial charge in [-0.05, 0) is 44.0 Å². The van der Waals surface area contributed by atoms with Crippen LogP contribution in [0, 0.1) is 6.92 Å². The van der Waals surface area contributed by atoms with E-state index in [2.05, 4.69) is 47.7 Å². The summed E-state index contributed by atoms with van der Waals surface area (Å²) in [5.41, 5.74) is 3.91. The summed E-state index contributed by atoms with van der Waals surface area (Å²) < 4.78 is 1.85. The maximum atomic E-state index is 4.47. The van der Waals surface area contributed by atoms with Gasteiger partial charge in [0, 0.05) is 13.2 Å². The topological polar surface area (TPSA) is 29.9 Å². The largest absolute Gasteiger partial charge is 0.312 e. The molecular formula is C15H21N3. The fourth-order valence-corrected chi connectivity index (χ4v) is 2.25. The maximum absolute atomic E-state index is 4.47. The van der Waals surface area contributed by atoms with E-state index in [1.807, 2.05) is 25.0 Å². The van der Waals surface area contributed by atoms with Crippen LogP contribution in [0.15, 0.2) is 36.5 Å². The summed E-state index contributed by atoms with van der Waals surface area (Å²) in [6.45, 7) is 2.17. The molecule has 3 heteroatoms. The molecule has 18 heavy (non-hydrogen) atoms. The third-order valence-corrected chi connectivity index (χ3v) is 3.40. The van der Waals surface area contributed by atoms with Gasteiger partial charge in [-0.15, -0.1) is 0 Å². The van der Waals surface area contributed by atoms with Crippen LogP contribution in [0.5, 0.6) is 0 Å². The highest BCUT2D eigenvalue weighted by Gasteiger charge is 2.12. The van der Waals surface area contributed by atoms with Gasteiger partial charge in [0.05, 0.1) is 11.7 Å². The van der Waals surface area contributed by atoms with Crippen LogP contribution in [0.4, 0.5) is 0 Å². The molecule has 0 spiro atoms. The quantitative estimate of drug-likeness (QED) is 0.875. The van der Waals surface area contributed by atoms with Gasteiger partial charge >= 0.3 is 0 Å². The number of aryl methyl sites for hydroxylation is 3. The maximum Gasteiger partial charge on any atom is 0.0793 e. The first-order valence-corrected chi connectivity index (χ1v) is 6.42. The Balaban J connectivity index is 2.02. The van der Waals surface area contributed by atoms with Gasteiger partial charge in [-0.1, -0.05) is 24.3 Å². The van der Waals surface area contributed by atoms with Crippen molar-refractivity contribution in [3.8, 4) is 0 Å². The molecule has 0 bridgehead atoms. The van der Waals surface area contributed by atoms with Gasteiger partial charge < -0.3 is 5.32 Å². The summed E-state index contributed by atoms with van der Waals surface area (Å²) in [5.74, 6) is 0. The van der Waals surface area contributed by atoms with Crippen LogP contribution in [-0.4, -0.2) is 16.8 Å². The third kappa shape index (κ3) is 2.99. The standard InChI is InChI=1S/C15H21N3/c1-12-6-4-5-7-13(12)8-9-14(16-2)15-10-11-18(3)17-15/h4-7,10-11,14,16H,8-9H2,1-3H3. The monoisotopic (exact) mass is 243 g/mol. The lowest BCUT2D eigenvalue weighted by atomic mass is 10.00. The molecule has 0 fully saturated rings. The van der Waals surface area contributed by atoms with E-state index < -0.39 is 0 Å². The first-order valence-electron chi connectivity index (χ1n) is 6.42. The molecule has 0 amide bonds. The second-order valence-corrected chi connectivity index (χ2v) is 4.72. The number of nitrogens with zero attached hydrogens (tertiary/aromatic N) is 2. The number of hydrogen-bond acceptors (Lipinski definition) is 2. The average Bonchev–Trinajstić information content (AvgIpc) is 2.79. The average molecular weight is 243 g/mol. The van der Waals surface area contributed by atoms with Crippen LogP contribution in [-0.2, 0) is 13.5 Å². The number of aromatic nitrogens is 2. The van der Waals surface area contributed by atoms with Crippen molar-refractivity contribution in [2.45, 2.75) is 25.8 Å². The van der Waals surface area contributed by atoms with Crippen LogP contribution >= 0.6 is 0 Å². The summed E-state index contributed by atoms with van der Waals surface area (Å²) in [4.78, 5) is 0. The van der Waals surface area contributed by atoms with Gasteiger partial charge in [-0.25, -0.2) is 0 Å². The molecule has 0 aliphatic heterocycles. The van der Waals surface area contributed by atoms with Crippen molar-refractivity contribution >= 4 is 0 Å². The van der Waals surface area contributed by atoms with Crippen molar-refractivity contribution in [1.29, 1.82) is 0 Å². The zero-order valence-corrected chi connectivity index (χ0v) is 11.4. The minimum Gasteiger partial charge on any atom is -0.312 e. The van der Waals surface area contributed by atoms with E-state index in [0.29, 0.717) is 6.04 Å². The van der Waals surface area contributed by atoms with Gasteiger partial charge in [-0.3, -0.25) is 4.68 Å². The molecule has 1 unspecified atom stereocenters. The Morgan fingerprint density at radius 2 is 2.06 bits per heavy atom. The Hall–Kier alpha value is -1.61. The molecule has 0 aliphatic rings. The van der Waals surface area contributed by atoms with Crippen LogP contribution < -0.4 is 5.32 Å². The first kappa shape index (κ1) is 12.8. The van der Waals surface area contributed by atoms with Gasteiger partial charge in [0.15, 0.2) is 0 Å². The molecule has 0 saturated heterocycles. The molecule has 96 valence electrons. The number of nitrogens with one attached hydrogen (secondary N) is 1. The lowest BCUT2D eigenvalue weighted by molar-refractivity contribution is 0.526. The number of hydrogen-bond donors (Lipinski definition) is 1. The summed E-state index contributed by atoms with van der Waals surface area (Å²) in [7, 11) is 3.95. The molecule has 1 atom stereocenters. The Kier molecular flexibility index (Phi) is 4.15. The van der Waals surface area contributed by atoms with E-state index in [1.165, 1.54) is 11.1 Å². The lowest BCUT2D eigenvalue weighted by Crippen LogP contribution is -2.18. The summed E-state index contributed by atoms with van der Waals surface area (Å²) >= 11 is 0. The highest BCUT2D eigenvalue weighted by Crippen LogP contribution is 2.18. The highest BCUT2D eigenvalue weighted by atomic mass is 15.3. The predicted molar refractivity (Wildman–Crippen MR) is 74.5 cm³/mol. The first-order chi connectivity index (χ1) is 8.70. The minimum absolute atomic E-state index is 0.325. The molecule has 1 N–H and O–H groups in total. The minimum atomic E-state index is 0.325. The van der Waals surface area contributed by atoms with E-state index in [4.69, 9.17) is 0 Å². The van der Waals surface area contributed by atoms with Gasteiger partial charge in [-0.2, -0.15) is 5.10 Å². The van der Waals surface area contributed by atoms with Crippen LogP contribution in [0.25, 0.3) is 0 Å². The Labute approximate surface area is 109 Å². The van der Waals surface area contributed by atoms with Crippen LogP contribution in [0.1, 0.15) is 29.3 Å². The zero-order chi connectivity index (χ0) is 13.0. The molecule has 0 aliphatic carbocycles. The highest BCUT2D eigenvalue weighted by molar-refractivity contribution is 5.25. The van der Waals surface area contributed by atoms with E-state index in [9.17, 15) is 0 Å². The second-order valence-electron chi connectivity index (χ2n) is 4.72. The molecular weight excluding hydrogens is 222 g/mol. The predicted octanol–water partition coefficient (Wildman–Crippen LogP) is 2.62. The van der Waals surface area contributed by atoms with Crippen LogP contribution in [0.3, 0.4) is 0 Å². The fraction of sp³-hybridized carbons (Fsp3) is 0.400. The Bertz CT molecular complexity index is 502. The molecule has 0 saturated carbocycles. The van der Waals surface area contributed by atoms with Crippen molar-refractivity contribution in [3.63, 3.8) is 0 Å². The van der Waals surface area contributed by atoms with Gasteiger partial charge in [0.2, 0.25) is 0 Å². The number of rotatable bonds is 5. The molecule has 1 aromatic carbocycles.